The molecule has 0 unspecified atom stereocenters. The predicted molar refractivity (Wildman–Crippen MR) is 46.3 cm³/mol. The van der Waals surface area contributed by atoms with Gasteiger partial charge in [0.25, 0.3) is 0 Å². The van der Waals surface area contributed by atoms with Crippen molar-refractivity contribution in [1.82, 2.24) is 0 Å². The molecule has 14 heavy (non-hydrogen) atoms. The van der Waals surface area contributed by atoms with Crippen LogP contribution in [-0.4, -0.2) is 6.29 Å². The second kappa shape index (κ2) is 3.49. The van der Waals surface area contributed by atoms with Gasteiger partial charge >= 0.3 is 6.18 Å². The fraction of sp³-hybridized carbons (Fsp3) is 0.125. The minimum absolute atomic E-state index is 0.0432. The summed E-state index contributed by atoms with van der Waals surface area (Å²) in [5, 5.41) is -0.366. The van der Waals surface area contributed by atoms with Gasteiger partial charge in [-0.2, -0.15) is 13.2 Å². The van der Waals surface area contributed by atoms with Crippen LogP contribution in [-0.2, 0) is 6.18 Å². The lowest BCUT2D eigenvalue weighted by atomic mass is 10.1. The molecule has 2 nitrogen and oxygen atoms in total. The van der Waals surface area contributed by atoms with E-state index in [1.54, 1.807) is 0 Å². The molecule has 0 heterocycles. The Morgan fingerprint density at radius 1 is 1.36 bits per heavy atom. The van der Waals surface area contributed by atoms with E-state index in [2.05, 4.69) is 0 Å². The molecule has 1 rings (SSSR count). The third-order valence-corrected chi connectivity index (χ3v) is 2.05. The van der Waals surface area contributed by atoms with Crippen LogP contribution in [0.15, 0.2) is 12.1 Å². The zero-order valence-corrected chi connectivity index (χ0v) is 7.49. The summed E-state index contributed by atoms with van der Waals surface area (Å²) in [7, 11) is 0. The molecule has 6 heteroatoms. The van der Waals surface area contributed by atoms with Crippen molar-refractivity contribution >= 4 is 23.6 Å². The third-order valence-electron chi connectivity index (χ3n) is 1.63. The summed E-state index contributed by atoms with van der Waals surface area (Å²) in [5.74, 6) is 0. The van der Waals surface area contributed by atoms with E-state index >= 15 is 0 Å². The van der Waals surface area contributed by atoms with Gasteiger partial charge in [0.2, 0.25) is 0 Å². The van der Waals surface area contributed by atoms with Crippen LogP contribution in [0, 0.1) is 0 Å². The second-order valence-electron chi connectivity index (χ2n) is 2.55. The van der Waals surface area contributed by atoms with E-state index in [-0.39, 0.29) is 17.0 Å². The Balaban J connectivity index is 3.47. The van der Waals surface area contributed by atoms with Gasteiger partial charge < -0.3 is 5.73 Å². The van der Waals surface area contributed by atoms with Crippen LogP contribution >= 0.6 is 11.6 Å². The van der Waals surface area contributed by atoms with Crippen LogP contribution in [0.5, 0.6) is 0 Å². The molecule has 2 N–H and O–H groups in total. The number of nitrogen functional groups attached to an aromatic ring is 1. The number of anilines is 1. The zero-order valence-electron chi connectivity index (χ0n) is 6.73. The van der Waals surface area contributed by atoms with Gasteiger partial charge in [-0.3, -0.25) is 4.79 Å². The van der Waals surface area contributed by atoms with Crippen molar-refractivity contribution in [2.45, 2.75) is 6.18 Å². The van der Waals surface area contributed by atoms with Crippen LogP contribution in [0.1, 0.15) is 15.9 Å². The smallest absolute Gasteiger partial charge is 0.398 e. The summed E-state index contributed by atoms with van der Waals surface area (Å²) in [6.07, 6.45) is -4.56. The average molecular weight is 224 g/mol. The summed E-state index contributed by atoms with van der Waals surface area (Å²) in [5.41, 5.74) is 3.49. The molecule has 0 saturated heterocycles. The number of nitrogens with two attached hydrogens (primary N) is 1. The van der Waals surface area contributed by atoms with Gasteiger partial charge in [0, 0.05) is 5.56 Å². The predicted octanol–water partition coefficient (Wildman–Crippen LogP) is 2.75. The Labute approximate surface area is 82.5 Å². The Morgan fingerprint density at radius 3 is 2.36 bits per heavy atom. The Kier molecular flexibility index (Phi) is 2.71. The van der Waals surface area contributed by atoms with Crippen LogP contribution in [0.25, 0.3) is 0 Å². The van der Waals surface area contributed by atoms with E-state index in [9.17, 15) is 18.0 Å². The highest BCUT2D eigenvalue weighted by Crippen LogP contribution is 2.36. The van der Waals surface area contributed by atoms with Crippen molar-refractivity contribution in [3.63, 3.8) is 0 Å². The number of carbonyl (C=O) groups is 1. The van der Waals surface area contributed by atoms with Crippen LogP contribution in [0.2, 0.25) is 5.02 Å². The van der Waals surface area contributed by atoms with E-state index in [0.717, 1.165) is 12.1 Å². The molecule has 76 valence electrons. The lowest BCUT2D eigenvalue weighted by Gasteiger charge is -2.11. The standard InChI is InChI=1S/C8H5ClF3NO/c9-7-4(3-14)5(8(10,11)12)1-2-6(7)13/h1-3H,13H2. The molecule has 1 aromatic carbocycles. The molecule has 0 atom stereocenters. The third kappa shape index (κ3) is 1.82. The van der Waals surface area contributed by atoms with E-state index < -0.39 is 17.3 Å². The number of aldehydes is 1. The first-order valence-electron chi connectivity index (χ1n) is 3.48. The number of benzene rings is 1. The molecule has 0 amide bonds. The lowest BCUT2D eigenvalue weighted by Crippen LogP contribution is -2.10. The average Bonchev–Trinajstić information content (AvgIpc) is 2.07. The molecule has 0 bridgehead atoms. The maximum absolute atomic E-state index is 12.3. The molecule has 0 saturated carbocycles. The summed E-state index contributed by atoms with van der Waals surface area (Å²) >= 11 is 5.45. The highest BCUT2D eigenvalue weighted by atomic mass is 35.5. The first-order chi connectivity index (χ1) is 6.38. The van der Waals surface area contributed by atoms with Crippen LogP contribution in [0.4, 0.5) is 18.9 Å². The number of hydrogen-bond acceptors (Lipinski definition) is 2. The van der Waals surface area contributed by atoms with Crippen molar-refractivity contribution in [2.24, 2.45) is 0 Å². The van der Waals surface area contributed by atoms with Gasteiger partial charge in [0.15, 0.2) is 6.29 Å². The molecule has 0 fully saturated rings. The second-order valence-corrected chi connectivity index (χ2v) is 2.92. The number of hydrogen-bond donors (Lipinski definition) is 1. The van der Waals surface area contributed by atoms with Gasteiger partial charge in [-0.15, -0.1) is 0 Å². The highest BCUT2D eigenvalue weighted by molar-refractivity contribution is 6.35. The minimum Gasteiger partial charge on any atom is -0.398 e. The summed E-state index contributed by atoms with van der Waals surface area (Å²) in [4.78, 5) is 10.4. The molecular weight excluding hydrogens is 219 g/mol. The van der Waals surface area contributed by atoms with Crippen molar-refractivity contribution < 1.29 is 18.0 Å². The maximum Gasteiger partial charge on any atom is 0.417 e. The van der Waals surface area contributed by atoms with Crippen molar-refractivity contribution in [1.29, 1.82) is 0 Å². The first-order valence-corrected chi connectivity index (χ1v) is 3.86. The fourth-order valence-corrected chi connectivity index (χ4v) is 1.18. The molecular formula is C8H5ClF3NO. The molecule has 0 aliphatic heterocycles. The van der Waals surface area contributed by atoms with Crippen molar-refractivity contribution in [3.8, 4) is 0 Å². The van der Waals surface area contributed by atoms with Gasteiger partial charge in [0.05, 0.1) is 16.3 Å². The van der Waals surface area contributed by atoms with Gasteiger partial charge in [-0.25, -0.2) is 0 Å². The van der Waals surface area contributed by atoms with Gasteiger partial charge in [-0.1, -0.05) is 11.6 Å². The van der Waals surface area contributed by atoms with E-state index in [1.807, 2.05) is 0 Å². The lowest BCUT2D eigenvalue weighted by molar-refractivity contribution is -0.137. The van der Waals surface area contributed by atoms with E-state index in [0.29, 0.717) is 0 Å². The van der Waals surface area contributed by atoms with Crippen LogP contribution in [0.3, 0.4) is 0 Å². The van der Waals surface area contributed by atoms with Crippen molar-refractivity contribution in [3.05, 3.63) is 28.3 Å². The molecule has 0 aromatic heterocycles. The number of alkyl halides is 3. The maximum atomic E-state index is 12.3. The van der Waals surface area contributed by atoms with E-state index in [4.69, 9.17) is 17.3 Å². The molecule has 0 spiro atoms. The Bertz CT molecular complexity index is 376. The molecule has 0 aliphatic rings. The normalized spacial score (nSPS) is 11.4. The molecule has 0 aliphatic carbocycles. The number of carbonyl (C=O) groups excluding carboxylic acids is 1. The van der Waals surface area contributed by atoms with Gasteiger partial charge in [0.1, 0.15) is 0 Å². The molecule has 1 aromatic rings. The molecule has 0 radical (unpaired) electrons. The number of halogens is 4. The summed E-state index contributed by atoms with van der Waals surface area (Å²) in [6.45, 7) is 0. The van der Waals surface area contributed by atoms with Crippen molar-refractivity contribution in [2.75, 3.05) is 5.73 Å². The topological polar surface area (TPSA) is 43.1 Å². The minimum atomic E-state index is -4.60. The SMILES string of the molecule is Nc1ccc(C(F)(F)F)c(C=O)c1Cl. The quantitative estimate of drug-likeness (QED) is 0.588. The van der Waals surface area contributed by atoms with Gasteiger partial charge in [-0.05, 0) is 12.1 Å². The largest absolute Gasteiger partial charge is 0.417 e. The van der Waals surface area contributed by atoms with E-state index in [1.165, 1.54) is 0 Å². The Hall–Kier alpha value is -1.23. The fourth-order valence-electron chi connectivity index (χ4n) is 0.972. The monoisotopic (exact) mass is 223 g/mol. The summed E-state index contributed by atoms with van der Waals surface area (Å²) in [6, 6.07) is 1.74. The first kappa shape index (κ1) is 10.8. The Morgan fingerprint density at radius 2 is 1.93 bits per heavy atom. The van der Waals surface area contributed by atoms with Crippen LogP contribution < -0.4 is 5.73 Å². The summed E-state index contributed by atoms with van der Waals surface area (Å²) < 4.78 is 36.9. The number of rotatable bonds is 1. The zero-order chi connectivity index (χ0) is 10.9. The highest BCUT2D eigenvalue weighted by Gasteiger charge is 2.34.